The zero-order valence-corrected chi connectivity index (χ0v) is 11.1. The minimum Gasteiger partial charge on any atom is -0.390 e. The number of hydrogen-bond acceptors (Lipinski definition) is 5. The lowest BCUT2D eigenvalue weighted by molar-refractivity contribution is 0.271. The quantitative estimate of drug-likeness (QED) is 0.790. The molecule has 0 aliphatic rings. The Morgan fingerprint density at radius 1 is 1.26 bits per heavy atom. The topological polar surface area (TPSA) is 63.8 Å². The van der Waals surface area contributed by atoms with Crippen molar-refractivity contribution in [3.05, 3.63) is 42.4 Å². The van der Waals surface area contributed by atoms with E-state index in [0.29, 0.717) is 0 Å². The Bertz CT molecular complexity index is 720. The van der Waals surface area contributed by atoms with Gasteiger partial charge in [0.1, 0.15) is 5.03 Å². The normalized spacial score (nSPS) is 11.1. The maximum atomic E-state index is 9.17. The summed E-state index contributed by atoms with van der Waals surface area (Å²) in [6, 6.07) is 7.97. The molecule has 0 fully saturated rings. The zero-order valence-electron chi connectivity index (χ0n) is 10.3. The average molecular weight is 272 g/mol. The lowest BCUT2D eigenvalue weighted by atomic mass is 10.2. The van der Waals surface area contributed by atoms with E-state index < -0.39 is 0 Å². The largest absolute Gasteiger partial charge is 0.390 e. The SMILES string of the molecule is Cn1c(CO)cnc1Sc1nncc2ccccc12. The molecule has 0 atom stereocenters. The number of aliphatic hydroxyl groups is 1. The summed E-state index contributed by atoms with van der Waals surface area (Å²) in [6.07, 6.45) is 3.41. The molecular weight excluding hydrogens is 260 g/mol. The highest BCUT2D eigenvalue weighted by atomic mass is 32.2. The molecule has 6 heteroatoms. The van der Waals surface area contributed by atoms with Gasteiger partial charge in [0.15, 0.2) is 5.16 Å². The minimum absolute atomic E-state index is 0.0225. The monoisotopic (exact) mass is 272 g/mol. The maximum absolute atomic E-state index is 9.17. The van der Waals surface area contributed by atoms with Crippen molar-refractivity contribution in [2.75, 3.05) is 0 Å². The van der Waals surface area contributed by atoms with Crippen LogP contribution in [0.1, 0.15) is 5.69 Å². The van der Waals surface area contributed by atoms with Crippen LogP contribution in [0.3, 0.4) is 0 Å². The molecule has 0 spiro atoms. The van der Waals surface area contributed by atoms with Crippen LogP contribution in [0.15, 0.2) is 46.8 Å². The van der Waals surface area contributed by atoms with Crippen molar-refractivity contribution in [2.24, 2.45) is 7.05 Å². The van der Waals surface area contributed by atoms with Crippen LogP contribution in [0.5, 0.6) is 0 Å². The molecule has 0 amide bonds. The minimum atomic E-state index is -0.0225. The number of nitrogens with zero attached hydrogens (tertiary/aromatic N) is 4. The predicted molar refractivity (Wildman–Crippen MR) is 72.8 cm³/mol. The maximum Gasteiger partial charge on any atom is 0.174 e. The van der Waals surface area contributed by atoms with E-state index in [1.807, 2.05) is 35.9 Å². The van der Waals surface area contributed by atoms with Gasteiger partial charge in [0.25, 0.3) is 0 Å². The van der Waals surface area contributed by atoms with Crippen molar-refractivity contribution in [1.82, 2.24) is 19.7 Å². The molecule has 0 bridgehead atoms. The molecule has 2 aromatic heterocycles. The summed E-state index contributed by atoms with van der Waals surface area (Å²) in [6.45, 7) is -0.0225. The van der Waals surface area contributed by atoms with Crippen LogP contribution in [0.2, 0.25) is 0 Å². The van der Waals surface area contributed by atoms with Crippen LogP contribution in [0, 0.1) is 0 Å². The second kappa shape index (κ2) is 4.99. The molecule has 0 saturated carbocycles. The van der Waals surface area contributed by atoms with Crippen LogP contribution < -0.4 is 0 Å². The standard InChI is InChI=1S/C13H12N4OS/c1-17-10(8-18)7-14-13(17)19-12-11-5-3-2-4-9(11)6-15-16-12/h2-7,18H,8H2,1H3. The fraction of sp³-hybridized carbons (Fsp3) is 0.154. The molecule has 3 rings (SSSR count). The number of fused-ring (bicyclic) bond motifs is 1. The third-order valence-electron chi connectivity index (χ3n) is 2.93. The van der Waals surface area contributed by atoms with E-state index in [2.05, 4.69) is 15.2 Å². The van der Waals surface area contributed by atoms with E-state index in [9.17, 15) is 5.11 Å². The van der Waals surface area contributed by atoms with Crippen LogP contribution in [0.4, 0.5) is 0 Å². The van der Waals surface area contributed by atoms with Gasteiger partial charge in [-0.15, -0.1) is 5.10 Å². The molecular formula is C13H12N4OS. The van der Waals surface area contributed by atoms with Crippen LogP contribution in [-0.2, 0) is 13.7 Å². The first-order valence-corrected chi connectivity index (χ1v) is 6.61. The van der Waals surface area contributed by atoms with Crippen molar-refractivity contribution in [3.8, 4) is 0 Å². The fourth-order valence-electron chi connectivity index (χ4n) is 1.83. The molecule has 0 radical (unpaired) electrons. The Kier molecular flexibility index (Phi) is 3.18. The zero-order chi connectivity index (χ0) is 13.2. The summed E-state index contributed by atoms with van der Waals surface area (Å²) in [5, 5.41) is 21.1. The molecule has 1 N–H and O–H groups in total. The van der Waals surface area contributed by atoms with E-state index in [4.69, 9.17) is 0 Å². The first-order valence-electron chi connectivity index (χ1n) is 5.79. The van der Waals surface area contributed by atoms with Crippen molar-refractivity contribution >= 4 is 22.5 Å². The van der Waals surface area contributed by atoms with E-state index >= 15 is 0 Å². The summed E-state index contributed by atoms with van der Waals surface area (Å²) in [4.78, 5) is 4.29. The molecule has 0 saturated heterocycles. The van der Waals surface area contributed by atoms with Crippen molar-refractivity contribution in [1.29, 1.82) is 0 Å². The summed E-state index contributed by atoms with van der Waals surface area (Å²) >= 11 is 1.45. The first kappa shape index (κ1) is 12.1. The summed E-state index contributed by atoms with van der Waals surface area (Å²) in [7, 11) is 1.87. The third kappa shape index (κ3) is 2.20. The molecule has 5 nitrogen and oxygen atoms in total. The highest BCUT2D eigenvalue weighted by Gasteiger charge is 2.11. The molecule has 0 aliphatic carbocycles. The van der Waals surface area contributed by atoms with E-state index in [1.54, 1.807) is 12.4 Å². The Balaban J connectivity index is 2.03. The molecule has 3 aromatic rings. The predicted octanol–water partition coefficient (Wildman–Crippen LogP) is 2.01. The second-order valence-electron chi connectivity index (χ2n) is 4.09. The van der Waals surface area contributed by atoms with Gasteiger partial charge in [0.05, 0.1) is 24.7 Å². The Labute approximate surface area is 114 Å². The molecule has 0 aliphatic heterocycles. The number of benzene rings is 1. The van der Waals surface area contributed by atoms with E-state index in [-0.39, 0.29) is 6.61 Å². The van der Waals surface area contributed by atoms with Gasteiger partial charge < -0.3 is 9.67 Å². The van der Waals surface area contributed by atoms with Gasteiger partial charge in [-0.2, -0.15) is 5.10 Å². The van der Waals surface area contributed by atoms with Crippen LogP contribution in [-0.4, -0.2) is 24.9 Å². The number of aromatic nitrogens is 4. The molecule has 96 valence electrons. The van der Waals surface area contributed by atoms with Gasteiger partial charge in [-0.3, -0.25) is 0 Å². The molecule has 19 heavy (non-hydrogen) atoms. The van der Waals surface area contributed by atoms with E-state index in [1.165, 1.54) is 11.8 Å². The highest BCUT2D eigenvalue weighted by molar-refractivity contribution is 7.99. The van der Waals surface area contributed by atoms with Crippen molar-refractivity contribution < 1.29 is 5.11 Å². The van der Waals surface area contributed by atoms with Gasteiger partial charge in [-0.1, -0.05) is 24.3 Å². The highest BCUT2D eigenvalue weighted by Crippen LogP contribution is 2.30. The van der Waals surface area contributed by atoms with E-state index in [0.717, 1.165) is 26.6 Å². The number of aliphatic hydroxyl groups excluding tert-OH is 1. The first-order chi connectivity index (χ1) is 9.29. The smallest absolute Gasteiger partial charge is 0.174 e. The van der Waals surface area contributed by atoms with Gasteiger partial charge in [-0.05, 0) is 11.8 Å². The number of hydrogen-bond donors (Lipinski definition) is 1. The van der Waals surface area contributed by atoms with Crippen molar-refractivity contribution in [2.45, 2.75) is 16.8 Å². The lowest BCUT2D eigenvalue weighted by Gasteiger charge is -2.05. The van der Waals surface area contributed by atoms with Gasteiger partial charge in [0, 0.05) is 17.8 Å². The third-order valence-corrected chi connectivity index (χ3v) is 3.99. The van der Waals surface area contributed by atoms with Gasteiger partial charge >= 0.3 is 0 Å². The average Bonchev–Trinajstić information content (AvgIpc) is 2.80. The van der Waals surface area contributed by atoms with Crippen LogP contribution in [0.25, 0.3) is 10.8 Å². The van der Waals surface area contributed by atoms with Crippen molar-refractivity contribution in [3.63, 3.8) is 0 Å². The van der Waals surface area contributed by atoms with Gasteiger partial charge in [0.2, 0.25) is 0 Å². The molecule has 0 unspecified atom stereocenters. The van der Waals surface area contributed by atoms with Gasteiger partial charge in [-0.25, -0.2) is 4.98 Å². The van der Waals surface area contributed by atoms with Crippen LogP contribution >= 0.6 is 11.8 Å². The summed E-state index contributed by atoms with van der Waals surface area (Å²) < 4.78 is 1.86. The Hall–Kier alpha value is -1.92. The summed E-state index contributed by atoms with van der Waals surface area (Å²) in [5.74, 6) is 0. The summed E-state index contributed by atoms with van der Waals surface area (Å²) in [5.41, 5.74) is 0.774. The fourth-order valence-corrected chi connectivity index (χ4v) is 2.75. The second-order valence-corrected chi connectivity index (χ2v) is 5.04. The lowest BCUT2D eigenvalue weighted by Crippen LogP contribution is -1.98. The number of imidazole rings is 1. The molecule has 1 aromatic carbocycles. The number of rotatable bonds is 3. The Morgan fingerprint density at radius 3 is 2.89 bits per heavy atom. The molecule has 2 heterocycles. The Morgan fingerprint density at radius 2 is 2.11 bits per heavy atom.